The molecule has 0 bridgehead atoms. The Hall–Kier alpha value is -2.00. The van der Waals surface area contributed by atoms with Crippen LogP contribution in [0.4, 0.5) is 5.69 Å². The third kappa shape index (κ3) is 4.21. The Morgan fingerprint density at radius 2 is 1.73 bits per heavy atom. The predicted octanol–water partition coefficient (Wildman–Crippen LogP) is 1.92. The molecule has 1 amide bonds. The van der Waals surface area contributed by atoms with E-state index < -0.39 is 10.0 Å². The number of nitrogens with one attached hydrogen (secondary N) is 1. The van der Waals surface area contributed by atoms with Gasteiger partial charge in [0.1, 0.15) is 5.15 Å². The molecule has 1 aliphatic rings. The molecule has 2 heterocycles. The van der Waals surface area contributed by atoms with Crippen LogP contribution >= 0.6 is 11.6 Å². The van der Waals surface area contributed by atoms with Crippen LogP contribution < -0.4 is 5.32 Å². The summed E-state index contributed by atoms with van der Waals surface area (Å²) in [7, 11) is -1.55. The lowest BCUT2D eigenvalue weighted by Gasteiger charge is -2.31. The molecule has 138 valence electrons. The van der Waals surface area contributed by atoms with Crippen molar-refractivity contribution in [2.75, 3.05) is 38.5 Å². The summed E-state index contributed by atoms with van der Waals surface area (Å²) in [5.74, 6) is -0.344. The molecule has 0 atom stereocenters. The highest BCUT2D eigenvalue weighted by Gasteiger charge is 2.27. The summed E-state index contributed by atoms with van der Waals surface area (Å²) in [5, 5.41) is 3.01. The third-order valence-electron chi connectivity index (χ3n) is 4.20. The maximum Gasteiger partial charge on any atom is 0.257 e. The molecule has 1 fully saturated rings. The normalized spacial score (nSPS) is 16.4. The molecule has 0 aliphatic carbocycles. The topological polar surface area (TPSA) is 82.6 Å². The fraction of sp³-hybridized carbons (Fsp3) is 0.294. The molecule has 2 aromatic rings. The van der Waals surface area contributed by atoms with Gasteiger partial charge in [-0.25, -0.2) is 13.4 Å². The molecule has 9 heteroatoms. The molecular weight excluding hydrogens is 376 g/mol. The molecule has 0 spiro atoms. The van der Waals surface area contributed by atoms with E-state index in [9.17, 15) is 13.2 Å². The van der Waals surface area contributed by atoms with Gasteiger partial charge in [0.05, 0.1) is 10.5 Å². The lowest BCUT2D eigenvalue weighted by atomic mass is 10.2. The highest BCUT2D eigenvalue weighted by Crippen LogP contribution is 2.20. The predicted molar refractivity (Wildman–Crippen MR) is 99.9 cm³/mol. The molecule has 1 aromatic heterocycles. The van der Waals surface area contributed by atoms with Crippen molar-refractivity contribution >= 4 is 33.2 Å². The molecular formula is C17H19ClN4O3S. The molecule has 0 saturated carbocycles. The van der Waals surface area contributed by atoms with E-state index in [0.717, 1.165) is 0 Å². The van der Waals surface area contributed by atoms with E-state index in [0.29, 0.717) is 42.6 Å². The maximum absolute atomic E-state index is 12.7. The molecule has 1 saturated heterocycles. The van der Waals surface area contributed by atoms with Gasteiger partial charge in [-0.15, -0.1) is 0 Å². The van der Waals surface area contributed by atoms with E-state index in [1.807, 2.05) is 7.05 Å². The second kappa shape index (κ2) is 7.71. The van der Waals surface area contributed by atoms with Crippen molar-refractivity contribution < 1.29 is 13.2 Å². The Morgan fingerprint density at radius 3 is 2.31 bits per heavy atom. The summed E-state index contributed by atoms with van der Waals surface area (Å²) in [6.07, 6.45) is 1.38. The van der Waals surface area contributed by atoms with Crippen molar-refractivity contribution in [3.8, 4) is 0 Å². The van der Waals surface area contributed by atoms with E-state index in [1.54, 1.807) is 18.2 Å². The van der Waals surface area contributed by atoms with Gasteiger partial charge in [0.2, 0.25) is 10.0 Å². The Bertz CT molecular complexity index is 877. The number of amides is 1. The second-order valence-electron chi connectivity index (χ2n) is 6.06. The summed E-state index contributed by atoms with van der Waals surface area (Å²) >= 11 is 5.70. The van der Waals surface area contributed by atoms with Gasteiger partial charge in [-0.2, -0.15) is 4.31 Å². The van der Waals surface area contributed by atoms with Gasteiger partial charge in [0.25, 0.3) is 5.91 Å². The molecule has 0 unspecified atom stereocenters. The summed E-state index contributed by atoms with van der Waals surface area (Å²) in [6, 6.07) is 9.25. The second-order valence-corrected chi connectivity index (χ2v) is 8.38. The number of carbonyl (C=O) groups is 1. The Morgan fingerprint density at radius 1 is 1.08 bits per heavy atom. The number of halogens is 1. The van der Waals surface area contributed by atoms with Crippen LogP contribution in [0.15, 0.2) is 47.5 Å². The van der Waals surface area contributed by atoms with E-state index >= 15 is 0 Å². The van der Waals surface area contributed by atoms with Crippen molar-refractivity contribution in [2.45, 2.75) is 4.90 Å². The van der Waals surface area contributed by atoms with Crippen LogP contribution in [0.25, 0.3) is 0 Å². The van der Waals surface area contributed by atoms with Crippen LogP contribution in [0.3, 0.4) is 0 Å². The highest BCUT2D eigenvalue weighted by atomic mass is 35.5. The van der Waals surface area contributed by atoms with E-state index in [1.165, 1.54) is 28.7 Å². The van der Waals surface area contributed by atoms with Crippen molar-refractivity contribution in [3.05, 3.63) is 53.3 Å². The average molecular weight is 395 g/mol. The zero-order valence-electron chi connectivity index (χ0n) is 14.2. The van der Waals surface area contributed by atoms with Gasteiger partial charge in [-0.1, -0.05) is 11.6 Å². The molecule has 7 nitrogen and oxygen atoms in total. The van der Waals surface area contributed by atoms with Crippen molar-refractivity contribution in [3.63, 3.8) is 0 Å². The number of sulfonamides is 1. The minimum absolute atomic E-state index is 0.216. The molecule has 0 radical (unpaired) electrons. The van der Waals surface area contributed by atoms with Gasteiger partial charge in [0, 0.05) is 38.1 Å². The van der Waals surface area contributed by atoms with E-state index in [-0.39, 0.29) is 10.8 Å². The number of rotatable bonds is 4. The molecule has 1 aromatic carbocycles. The zero-order chi connectivity index (χ0) is 18.7. The quantitative estimate of drug-likeness (QED) is 0.801. The first-order valence-electron chi connectivity index (χ1n) is 8.08. The standard InChI is InChI=1S/C17H19ClN4O3S/c1-21-8-10-22(11-9-21)26(24,25)15-5-3-14(4-6-15)20-17(23)13-2-7-16(18)19-12-13/h2-7,12H,8-11H2,1H3,(H,20,23). The van der Waals surface area contributed by atoms with E-state index in [4.69, 9.17) is 11.6 Å². The molecule has 3 rings (SSSR count). The third-order valence-corrected chi connectivity index (χ3v) is 6.34. The average Bonchev–Trinajstić information content (AvgIpc) is 2.63. The number of piperazine rings is 1. The largest absolute Gasteiger partial charge is 0.322 e. The van der Waals surface area contributed by atoms with Crippen LogP contribution in [0.1, 0.15) is 10.4 Å². The number of pyridine rings is 1. The number of aromatic nitrogens is 1. The Labute approximate surface area is 157 Å². The zero-order valence-corrected chi connectivity index (χ0v) is 15.8. The van der Waals surface area contributed by atoms with E-state index in [2.05, 4.69) is 15.2 Å². The lowest BCUT2D eigenvalue weighted by molar-refractivity contribution is 0.102. The first-order valence-corrected chi connectivity index (χ1v) is 9.90. The fourth-order valence-corrected chi connectivity index (χ4v) is 4.14. The van der Waals surface area contributed by atoms with Gasteiger partial charge in [-0.3, -0.25) is 4.79 Å². The smallest absolute Gasteiger partial charge is 0.257 e. The van der Waals surface area contributed by atoms with Crippen LogP contribution in [0, 0.1) is 0 Å². The monoisotopic (exact) mass is 394 g/mol. The van der Waals surface area contributed by atoms with Gasteiger partial charge in [-0.05, 0) is 43.4 Å². The summed E-state index contributed by atoms with van der Waals surface area (Å²) < 4.78 is 26.8. The van der Waals surface area contributed by atoms with Crippen molar-refractivity contribution in [1.29, 1.82) is 0 Å². The van der Waals surface area contributed by atoms with Crippen LogP contribution in [0.2, 0.25) is 5.15 Å². The number of likely N-dealkylation sites (N-methyl/N-ethyl adjacent to an activating group) is 1. The number of nitrogens with zero attached hydrogens (tertiary/aromatic N) is 3. The first-order chi connectivity index (χ1) is 12.4. The van der Waals surface area contributed by atoms with Crippen molar-refractivity contribution in [2.24, 2.45) is 0 Å². The molecule has 26 heavy (non-hydrogen) atoms. The molecule has 1 N–H and O–H groups in total. The number of hydrogen-bond acceptors (Lipinski definition) is 5. The lowest BCUT2D eigenvalue weighted by Crippen LogP contribution is -2.46. The fourth-order valence-electron chi connectivity index (χ4n) is 2.60. The molecule has 1 aliphatic heterocycles. The minimum Gasteiger partial charge on any atom is -0.322 e. The SMILES string of the molecule is CN1CCN(S(=O)(=O)c2ccc(NC(=O)c3ccc(Cl)nc3)cc2)CC1. The number of anilines is 1. The maximum atomic E-state index is 12.7. The van der Waals surface area contributed by atoms with Crippen LogP contribution in [0.5, 0.6) is 0 Å². The highest BCUT2D eigenvalue weighted by molar-refractivity contribution is 7.89. The summed E-state index contributed by atoms with van der Waals surface area (Å²) in [6.45, 7) is 2.37. The number of benzene rings is 1. The van der Waals surface area contributed by atoms with Gasteiger partial charge in [0.15, 0.2) is 0 Å². The van der Waals surface area contributed by atoms with Crippen LogP contribution in [-0.4, -0.2) is 61.7 Å². The Kier molecular flexibility index (Phi) is 5.57. The summed E-state index contributed by atoms with van der Waals surface area (Å²) in [5.41, 5.74) is 0.866. The van der Waals surface area contributed by atoms with Gasteiger partial charge < -0.3 is 10.2 Å². The summed E-state index contributed by atoms with van der Waals surface area (Å²) in [4.78, 5) is 18.3. The van der Waals surface area contributed by atoms with Crippen LogP contribution in [-0.2, 0) is 10.0 Å². The first kappa shape index (κ1) is 18.8. The van der Waals surface area contributed by atoms with Crippen molar-refractivity contribution in [1.82, 2.24) is 14.2 Å². The number of hydrogen-bond donors (Lipinski definition) is 1. The Balaban J connectivity index is 1.70. The minimum atomic E-state index is -3.52. The number of carbonyl (C=O) groups excluding carboxylic acids is 1. The van der Waals surface area contributed by atoms with Gasteiger partial charge >= 0.3 is 0 Å².